The molecule has 2 aromatic rings. The van der Waals surface area contributed by atoms with Crippen molar-refractivity contribution >= 4 is 24.0 Å². The maximum atomic E-state index is 12.8. The van der Waals surface area contributed by atoms with Crippen LogP contribution in [0.15, 0.2) is 48.5 Å². The second kappa shape index (κ2) is 8.62. The first-order chi connectivity index (χ1) is 11.7. The van der Waals surface area contributed by atoms with Crippen LogP contribution in [0.2, 0.25) is 0 Å². The summed E-state index contributed by atoms with van der Waals surface area (Å²) in [5, 5.41) is 0. The lowest BCUT2D eigenvalue weighted by Gasteiger charge is -2.31. The summed E-state index contributed by atoms with van der Waals surface area (Å²) in [5.41, 5.74) is 6.98. The molecule has 0 aromatic heterocycles. The van der Waals surface area contributed by atoms with E-state index in [1.165, 1.54) is 0 Å². The molecule has 0 spiro atoms. The van der Waals surface area contributed by atoms with Gasteiger partial charge in [-0.3, -0.25) is 4.79 Å². The molecule has 1 heterocycles. The summed E-state index contributed by atoms with van der Waals surface area (Å²) in [6.07, 6.45) is 0.689. The quantitative estimate of drug-likeness (QED) is 0.828. The predicted octanol–water partition coefficient (Wildman–Crippen LogP) is 3.38. The predicted molar refractivity (Wildman–Crippen MR) is 101 cm³/mol. The number of amides is 1. The number of fused-ring (bicyclic) bond motifs is 1. The van der Waals surface area contributed by atoms with E-state index in [-0.39, 0.29) is 24.4 Å². The number of nitrogens with zero attached hydrogens (tertiary/aromatic N) is 1. The number of hydrogen-bond donors (Lipinski definition) is 1. The average molecular weight is 363 g/mol. The number of nitrogen functional groups attached to an aromatic ring is 1. The molecule has 2 N–H and O–H groups in total. The van der Waals surface area contributed by atoms with Gasteiger partial charge in [0.1, 0.15) is 6.61 Å². The van der Waals surface area contributed by atoms with Crippen molar-refractivity contribution in [3.63, 3.8) is 0 Å². The molecule has 3 rings (SSSR count). The number of benzene rings is 2. The van der Waals surface area contributed by atoms with Crippen molar-refractivity contribution in [3.8, 4) is 11.5 Å². The summed E-state index contributed by atoms with van der Waals surface area (Å²) in [6, 6.07) is 14.6. The first-order valence-corrected chi connectivity index (χ1v) is 8.20. The number of anilines is 1. The Balaban J connectivity index is 0.00000225. The summed E-state index contributed by atoms with van der Waals surface area (Å²) in [7, 11) is 0. The Morgan fingerprint density at radius 3 is 2.68 bits per heavy atom. The number of hydrogen-bond acceptors (Lipinski definition) is 4. The number of ether oxygens (including phenoxy) is 2. The van der Waals surface area contributed by atoms with Crippen LogP contribution in [-0.4, -0.2) is 36.6 Å². The van der Waals surface area contributed by atoms with E-state index in [1.54, 1.807) is 29.2 Å². The molecule has 1 atom stereocenters. The van der Waals surface area contributed by atoms with Crippen molar-refractivity contribution in [2.75, 3.05) is 25.4 Å². The van der Waals surface area contributed by atoms with Gasteiger partial charge >= 0.3 is 0 Å². The van der Waals surface area contributed by atoms with Gasteiger partial charge in [-0.1, -0.05) is 25.1 Å². The first-order valence-electron chi connectivity index (χ1n) is 8.20. The third kappa shape index (κ3) is 4.57. The summed E-state index contributed by atoms with van der Waals surface area (Å²) in [4.78, 5) is 14.6. The Hall–Kier alpha value is -2.40. The molecule has 1 unspecified atom stereocenters. The molecule has 0 saturated carbocycles. The van der Waals surface area contributed by atoms with E-state index in [4.69, 9.17) is 15.2 Å². The van der Waals surface area contributed by atoms with Gasteiger partial charge in [0.2, 0.25) is 0 Å². The van der Waals surface area contributed by atoms with E-state index in [0.717, 1.165) is 17.9 Å². The molecule has 0 fully saturated rings. The molecule has 1 amide bonds. The Labute approximate surface area is 154 Å². The van der Waals surface area contributed by atoms with Crippen molar-refractivity contribution in [2.24, 2.45) is 0 Å². The fourth-order valence-electron chi connectivity index (χ4n) is 2.80. The standard InChI is InChI=1S/C19H22N2O3.ClH/c1-2-10-21(19(22)14-6-5-7-15(20)11-14)12-16-13-23-17-8-3-4-9-18(17)24-16;/h3-9,11,16H,2,10,12-13,20H2,1H3;1H. The number of para-hydroxylation sites is 2. The Morgan fingerprint density at radius 2 is 1.96 bits per heavy atom. The lowest BCUT2D eigenvalue weighted by molar-refractivity contribution is 0.0462. The van der Waals surface area contributed by atoms with E-state index >= 15 is 0 Å². The fourth-order valence-corrected chi connectivity index (χ4v) is 2.80. The van der Waals surface area contributed by atoms with Gasteiger partial charge in [0, 0.05) is 17.8 Å². The molecular weight excluding hydrogens is 340 g/mol. The molecular formula is C19H23ClN2O3. The second-order valence-corrected chi connectivity index (χ2v) is 5.87. The van der Waals surface area contributed by atoms with Crippen LogP contribution in [0.4, 0.5) is 5.69 Å². The number of halogens is 1. The second-order valence-electron chi connectivity index (χ2n) is 5.87. The van der Waals surface area contributed by atoms with Gasteiger partial charge in [-0.05, 0) is 36.8 Å². The van der Waals surface area contributed by atoms with Crippen LogP contribution in [0.25, 0.3) is 0 Å². The van der Waals surface area contributed by atoms with Gasteiger partial charge in [0.25, 0.3) is 5.91 Å². The molecule has 0 bridgehead atoms. The van der Waals surface area contributed by atoms with E-state index in [2.05, 4.69) is 0 Å². The fraction of sp³-hybridized carbons (Fsp3) is 0.316. The van der Waals surface area contributed by atoms with E-state index in [0.29, 0.717) is 30.9 Å². The normalized spacial score (nSPS) is 15.2. The highest BCUT2D eigenvalue weighted by Gasteiger charge is 2.25. The van der Waals surface area contributed by atoms with Gasteiger partial charge in [0.05, 0.1) is 6.54 Å². The summed E-state index contributed by atoms with van der Waals surface area (Å²) < 4.78 is 11.7. The van der Waals surface area contributed by atoms with Crippen LogP contribution in [0.5, 0.6) is 11.5 Å². The molecule has 0 aliphatic carbocycles. The average Bonchev–Trinajstić information content (AvgIpc) is 2.60. The molecule has 2 aromatic carbocycles. The molecule has 6 heteroatoms. The molecule has 25 heavy (non-hydrogen) atoms. The van der Waals surface area contributed by atoms with Crippen LogP contribution in [0.1, 0.15) is 23.7 Å². The monoisotopic (exact) mass is 362 g/mol. The van der Waals surface area contributed by atoms with Crippen LogP contribution >= 0.6 is 12.4 Å². The van der Waals surface area contributed by atoms with Gasteiger partial charge in [-0.2, -0.15) is 0 Å². The van der Waals surface area contributed by atoms with Gasteiger partial charge in [0.15, 0.2) is 17.6 Å². The van der Waals surface area contributed by atoms with Crippen molar-refractivity contribution in [3.05, 3.63) is 54.1 Å². The summed E-state index contributed by atoms with van der Waals surface area (Å²) >= 11 is 0. The third-order valence-corrected chi connectivity index (χ3v) is 3.91. The van der Waals surface area contributed by atoms with Crippen LogP contribution in [-0.2, 0) is 0 Å². The minimum atomic E-state index is -0.184. The summed E-state index contributed by atoms with van der Waals surface area (Å²) in [5.74, 6) is 1.44. The maximum absolute atomic E-state index is 12.8. The van der Waals surface area contributed by atoms with Crippen molar-refractivity contribution < 1.29 is 14.3 Å². The Morgan fingerprint density at radius 1 is 1.20 bits per heavy atom. The Kier molecular flexibility index (Phi) is 6.53. The molecule has 0 saturated heterocycles. The highest BCUT2D eigenvalue weighted by Crippen LogP contribution is 2.31. The first kappa shape index (κ1) is 18.9. The van der Waals surface area contributed by atoms with Crippen molar-refractivity contribution in [2.45, 2.75) is 19.4 Å². The maximum Gasteiger partial charge on any atom is 0.254 e. The van der Waals surface area contributed by atoms with E-state index in [9.17, 15) is 4.79 Å². The van der Waals surface area contributed by atoms with Gasteiger partial charge < -0.3 is 20.1 Å². The topological polar surface area (TPSA) is 64.8 Å². The molecule has 134 valence electrons. The van der Waals surface area contributed by atoms with Gasteiger partial charge in [-0.15, -0.1) is 12.4 Å². The summed E-state index contributed by atoms with van der Waals surface area (Å²) in [6.45, 7) is 3.62. The molecule has 5 nitrogen and oxygen atoms in total. The number of rotatable bonds is 5. The van der Waals surface area contributed by atoms with Gasteiger partial charge in [-0.25, -0.2) is 0 Å². The highest BCUT2D eigenvalue weighted by atomic mass is 35.5. The molecule has 1 aliphatic rings. The number of carbonyl (C=O) groups is 1. The van der Waals surface area contributed by atoms with Crippen molar-refractivity contribution in [1.82, 2.24) is 4.90 Å². The van der Waals surface area contributed by atoms with Crippen LogP contribution in [0.3, 0.4) is 0 Å². The lowest BCUT2D eigenvalue weighted by atomic mass is 10.1. The zero-order valence-corrected chi connectivity index (χ0v) is 15.0. The zero-order valence-electron chi connectivity index (χ0n) is 14.2. The molecule has 0 radical (unpaired) electrons. The van der Waals surface area contributed by atoms with Crippen molar-refractivity contribution in [1.29, 1.82) is 0 Å². The van der Waals surface area contributed by atoms with Crippen LogP contribution < -0.4 is 15.2 Å². The lowest BCUT2D eigenvalue weighted by Crippen LogP contribution is -2.44. The van der Waals surface area contributed by atoms with E-state index < -0.39 is 0 Å². The number of carbonyl (C=O) groups excluding carboxylic acids is 1. The minimum absolute atomic E-state index is 0. The molecule has 1 aliphatic heterocycles. The minimum Gasteiger partial charge on any atom is -0.486 e. The largest absolute Gasteiger partial charge is 0.486 e. The third-order valence-electron chi connectivity index (χ3n) is 3.91. The smallest absolute Gasteiger partial charge is 0.254 e. The highest BCUT2D eigenvalue weighted by molar-refractivity contribution is 5.95. The Bertz CT molecular complexity index is 723. The zero-order chi connectivity index (χ0) is 16.9. The SMILES string of the molecule is CCCN(CC1COc2ccccc2O1)C(=O)c1cccc(N)c1.Cl. The van der Waals surface area contributed by atoms with E-state index in [1.807, 2.05) is 31.2 Å². The van der Waals surface area contributed by atoms with Crippen LogP contribution in [0, 0.1) is 0 Å². The number of nitrogens with two attached hydrogens (primary N) is 1.